The Hall–Kier alpha value is -3.02. The minimum Gasteiger partial charge on any atom is -0.326 e. The van der Waals surface area contributed by atoms with Crippen LogP contribution in [0.3, 0.4) is 0 Å². The number of hydrogen-bond donors (Lipinski definition) is 0. The molecule has 4 rings (SSSR count). The van der Waals surface area contributed by atoms with E-state index in [1.807, 2.05) is 0 Å². The number of alkyl halides is 1. The lowest BCUT2D eigenvalue weighted by molar-refractivity contribution is -0.176. The normalized spacial score (nSPS) is 24.7. The highest BCUT2D eigenvalue weighted by atomic mass is 19.1. The zero-order chi connectivity index (χ0) is 16.9. The molecule has 0 saturated heterocycles. The topological polar surface area (TPSA) is 63.7 Å². The van der Waals surface area contributed by atoms with Crippen molar-refractivity contribution in [2.45, 2.75) is 18.0 Å². The summed E-state index contributed by atoms with van der Waals surface area (Å²) in [5, 5.41) is 0.342. The summed E-state index contributed by atoms with van der Waals surface area (Å²) in [5.41, 5.74) is -1.26. The molecule has 1 aliphatic heterocycles. The van der Waals surface area contributed by atoms with E-state index in [0.29, 0.717) is 10.6 Å². The molecule has 0 aromatic heterocycles. The van der Waals surface area contributed by atoms with Crippen molar-refractivity contribution < 1.29 is 23.6 Å². The Morgan fingerprint density at radius 3 is 2.12 bits per heavy atom. The first-order valence-electron chi connectivity index (χ1n) is 7.46. The number of nitrogens with zero attached hydrogens (tertiary/aromatic N) is 1. The Balaban J connectivity index is 1.52. The lowest BCUT2D eigenvalue weighted by atomic mass is 10.1. The number of carbonyl (C=O) groups is 3. The Morgan fingerprint density at radius 1 is 1.00 bits per heavy atom. The number of rotatable bonds is 3. The second-order valence-electron chi connectivity index (χ2n) is 5.86. The molecule has 2 aromatic carbocycles. The lowest BCUT2D eigenvalue weighted by Crippen LogP contribution is -2.37. The van der Waals surface area contributed by atoms with E-state index in [-0.39, 0.29) is 17.5 Å². The average Bonchev–Trinajstić information content (AvgIpc) is 3.26. The van der Waals surface area contributed by atoms with Gasteiger partial charge in [0.15, 0.2) is 0 Å². The molecule has 6 heteroatoms. The van der Waals surface area contributed by atoms with E-state index in [2.05, 4.69) is 0 Å². The van der Waals surface area contributed by atoms with Gasteiger partial charge in [-0.2, -0.15) is 0 Å². The van der Waals surface area contributed by atoms with Gasteiger partial charge in [-0.25, -0.2) is 9.18 Å². The maximum Gasteiger partial charge on any atom is 0.370 e. The fourth-order valence-electron chi connectivity index (χ4n) is 2.94. The van der Waals surface area contributed by atoms with Crippen molar-refractivity contribution in [1.29, 1.82) is 0 Å². The van der Waals surface area contributed by atoms with E-state index in [0.717, 1.165) is 0 Å². The van der Waals surface area contributed by atoms with Crippen LogP contribution >= 0.6 is 0 Å². The van der Waals surface area contributed by atoms with Crippen molar-refractivity contribution in [3.05, 3.63) is 71.3 Å². The first-order valence-corrected chi connectivity index (χ1v) is 7.46. The molecule has 1 heterocycles. The molecular formula is C18H12FNO4. The van der Waals surface area contributed by atoms with Crippen LogP contribution < -0.4 is 0 Å². The van der Waals surface area contributed by atoms with E-state index in [1.165, 1.54) is 12.1 Å². The first-order chi connectivity index (χ1) is 11.5. The Kier molecular flexibility index (Phi) is 3.03. The highest BCUT2D eigenvalue weighted by Gasteiger charge is 2.64. The molecule has 0 spiro atoms. The fourth-order valence-corrected chi connectivity index (χ4v) is 2.94. The molecule has 120 valence electrons. The quantitative estimate of drug-likeness (QED) is 0.814. The summed E-state index contributed by atoms with van der Waals surface area (Å²) in [6.45, 7) is 0. The van der Waals surface area contributed by atoms with Gasteiger partial charge >= 0.3 is 5.97 Å². The van der Waals surface area contributed by atoms with Crippen molar-refractivity contribution in [1.82, 2.24) is 5.06 Å². The van der Waals surface area contributed by atoms with Gasteiger partial charge in [-0.3, -0.25) is 9.59 Å². The fraction of sp³-hybridized carbons (Fsp3) is 0.167. The van der Waals surface area contributed by atoms with E-state index in [9.17, 15) is 18.8 Å². The van der Waals surface area contributed by atoms with Crippen LogP contribution in [0.1, 0.15) is 38.6 Å². The van der Waals surface area contributed by atoms with Gasteiger partial charge in [0, 0.05) is 12.3 Å². The van der Waals surface area contributed by atoms with Gasteiger partial charge in [0.2, 0.25) is 5.67 Å². The molecule has 2 aromatic rings. The molecule has 5 nitrogen and oxygen atoms in total. The third-order valence-electron chi connectivity index (χ3n) is 4.37. The summed E-state index contributed by atoms with van der Waals surface area (Å²) in [7, 11) is 0. The van der Waals surface area contributed by atoms with Crippen LogP contribution in [-0.2, 0) is 9.63 Å². The number of hydrogen-bond acceptors (Lipinski definition) is 4. The number of carbonyl (C=O) groups excluding carboxylic acids is 3. The van der Waals surface area contributed by atoms with Gasteiger partial charge in [0.25, 0.3) is 11.8 Å². The second kappa shape index (κ2) is 4.99. The number of hydroxylamine groups is 2. The molecule has 2 amide bonds. The van der Waals surface area contributed by atoms with E-state index >= 15 is 0 Å². The molecule has 2 aliphatic rings. The van der Waals surface area contributed by atoms with Gasteiger partial charge in [-0.1, -0.05) is 47.5 Å². The monoisotopic (exact) mass is 325 g/mol. The predicted octanol–water partition coefficient (Wildman–Crippen LogP) is 2.64. The summed E-state index contributed by atoms with van der Waals surface area (Å²) in [5.74, 6) is -3.36. The zero-order valence-electron chi connectivity index (χ0n) is 12.4. The number of halogens is 1. The maximum atomic E-state index is 14.8. The van der Waals surface area contributed by atoms with Crippen molar-refractivity contribution in [3.8, 4) is 0 Å². The van der Waals surface area contributed by atoms with Crippen molar-refractivity contribution in [2.75, 3.05) is 0 Å². The van der Waals surface area contributed by atoms with Crippen molar-refractivity contribution >= 4 is 17.8 Å². The second-order valence-corrected chi connectivity index (χ2v) is 5.86. The minimum atomic E-state index is -2.21. The van der Waals surface area contributed by atoms with Gasteiger partial charge in [-0.05, 0) is 17.7 Å². The lowest BCUT2D eigenvalue weighted by Gasteiger charge is -2.14. The molecule has 0 N–H and O–H groups in total. The van der Waals surface area contributed by atoms with Crippen LogP contribution in [0, 0.1) is 0 Å². The molecule has 24 heavy (non-hydrogen) atoms. The first kappa shape index (κ1) is 14.6. The third kappa shape index (κ3) is 2.03. The van der Waals surface area contributed by atoms with E-state index in [4.69, 9.17) is 4.84 Å². The highest BCUT2D eigenvalue weighted by Crippen LogP contribution is 2.55. The van der Waals surface area contributed by atoms with Gasteiger partial charge in [0.05, 0.1) is 11.1 Å². The molecule has 1 saturated carbocycles. The standard InChI is InChI=1S/C18H12FNO4/c19-18(10-14(18)11-6-2-1-3-7-11)17(23)24-20-15(21)12-8-4-5-9-13(12)16(20)22/h1-9,14H,10H2/t14-,18-/m1/s1. The molecular weight excluding hydrogens is 313 g/mol. The van der Waals surface area contributed by atoms with Gasteiger partial charge < -0.3 is 4.84 Å². The van der Waals surface area contributed by atoms with E-state index in [1.54, 1.807) is 42.5 Å². The van der Waals surface area contributed by atoms with Gasteiger partial charge in [-0.15, -0.1) is 0 Å². The molecule has 1 fully saturated rings. The molecule has 0 unspecified atom stereocenters. The van der Waals surface area contributed by atoms with Crippen LogP contribution in [-0.4, -0.2) is 28.5 Å². The Labute approximate surface area is 136 Å². The van der Waals surface area contributed by atoms with E-state index < -0.39 is 29.4 Å². The Morgan fingerprint density at radius 2 is 1.54 bits per heavy atom. The smallest absolute Gasteiger partial charge is 0.326 e. The number of fused-ring (bicyclic) bond motifs is 1. The Bertz CT molecular complexity index is 831. The molecule has 0 bridgehead atoms. The molecule has 1 aliphatic carbocycles. The van der Waals surface area contributed by atoms with Crippen LogP contribution in [0.15, 0.2) is 54.6 Å². The molecule has 0 radical (unpaired) electrons. The summed E-state index contributed by atoms with van der Waals surface area (Å²) in [6, 6.07) is 14.9. The summed E-state index contributed by atoms with van der Waals surface area (Å²) in [6.07, 6.45) is -0.0288. The van der Waals surface area contributed by atoms with Crippen LogP contribution in [0.5, 0.6) is 0 Å². The third-order valence-corrected chi connectivity index (χ3v) is 4.37. The summed E-state index contributed by atoms with van der Waals surface area (Å²) >= 11 is 0. The van der Waals surface area contributed by atoms with Crippen molar-refractivity contribution in [3.63, 3.8) is 0 Å². The van der Waals surface area contributed by atoms with Crippen LogP contribution in [0.25, 0.3) is 0 Å². The largest absolute Gasteiger partial charge is 0.370 e. The average molecular weight is 325 g/mol. The molecule has 2 atom stereocenters. The summed E-state index contributed by atoms with van der Waals surface area (Å²) in [4.78, 5) is 41.3. The maximum absolute atomic E-state index is 14.8. The zero-order valence-corrected chi connectivity index (χ0v) is 12.4. The highest BCUT2D eigenvalue weighted by molar-refractivity contribution is 6.21. The van der Waals surface area contributed by atoms with Crippen molar-refractivity contribution in [2.24, 2.45) is 0 Å². The summed E-state index contributed by atoms with van der Waals surface area (Å²) < 4.78 is 14.8. The number of imide groups is 1. The number of amides is 2. The van der Waals surface area contributed by atoms with Crippen LogP contribution in [0.2, 0.25) is 0 Å². The van der Waals surface area contributed by atoms with Gasteiger partial charge in [0.1, 0.15) is 0 Å². The number of benzene rings is 2. The predicted molar refractivity (Wildman–Crippen MR) is 80.7 cm³/mol. The SMILES string of the molecule is O=C1c2ccccc2C(=O)N1OC(=O)[C@@]1(F)C[C@@H]1c1ccccc1. The van der Waals surface area contributed by atoms with Crippen LogP contribution in [0.4, 0.5) is 4.39 Å². The minimum absolute atomic E-state index is 0.0288.